The lowest BCUT2D eigenvalue weighted by atomic mass is 10.0. The van der Waals surface area contributed by atoms with E-state index in [4.69, 9.17) is 9.47 Å². The largest absolute Gasteiger partial charge is 0.444 e. The molecule has 1 aromatic carbocycles. The molecule has 14 nitrogen and oxygen atoms in total. The van der Waals surface area contributed by atoms with Crippen LogP contribution in [0, 0.1) is 11.7 Å². The highest BCUT2D eigenvalue weighted by Gasteiger charge is 2.62. The van der Waals surface area contributed by atoms with E-state index in [1.165, 1.54) is 15.9 Å². The minimum atomic E-state index is -3.92. The Morgan fingerprint density at radius 2 is 1.82 bits per heavy atom. The van der Waals surface area contributed by atoms with Crippen LogP contribution in [-0.4, -0.2) is 89.2 Å². The van der Waals surface area contributed by atoms with Gasteiger partial charge in [0.1, 0.15) is 35.1 Å². The second kappa shape index (κ2) is 14.1. The van der Waals surface area contributed by atoms with Gasteiger partial charge in [-0.15, -0.1) is 0 Å². The lowest BCUT2D eigenvalue weighted by Crippen LogP contribution is -2.58. The number of halogens is 1. The maximum atomic E-state index is 14.4. The number of alkyl carbamates (subject to hydrolysis) is 1. The smallest absolute Gasteiger partial charge is 0.410 e. The molecule has 1 saturated heterocycles. The summed E-state index contributed by atoms with van der Waals surface area (Å²) in [6.07, 6.45) is 5.10. The van der Waals surface area contributed by atoms with Crippen LogP contribution in [0.3, 0.4) is 0 Å². The van der Waals surface area contributed by atoms with Crippen LogP contribution in [0.4, 0.5) is 14.0 Å². The van der Waals surface area contributed by atoms with E-state index in [2.05, 4.69) is 15.4 Å². The number of rotatable bonds is 5. The summed E-state index contributed by atoms with van der Waals surface area (Å²) in [5, 5.41) is 4.79. The van der Waals surface area contributed by atoms with Crippen molar-refractivity contribution in [2.45, 2.75) is 126 Å². The minimum Gasteiger partial charge on any atom is -0.444 e. The fourth-order valence-corrected chi connectivity index (χ4v) is 8.39. The summed E-state index contributed by atoms with van der Waals surface area (Å²) < 4.78 is 53.3. The quantitative estimate of drug-likeness (QED) is 0.384. The summed E-state index contributed by atoms with van der Waals surface area (Å²) in [5.41, 5.74) is -1.36. The van der Waals surface area contributed by atoms with Gasteiger partial charge >= 0.3 is 12.2 Å². The van der Waals surface area contributed by atoms with Crippen molar-refractivity contribution in [3.8, 4) is 0 Å². The molecule has 5 amide bonds. The number of carbonyl (C=O) groups excluding carboxylic acids is 5. The highest BCUT2D eigenvalue weighted by molar-refractivity contribution is 7.91. The van der Waals surface area contributed by atoms with Gasteiger partial charge in [-0.25, -0.2) is 22.4 Å². The molecule has 1 aromatic rings. The summed E-state index contributed by atoms with van der Waals surface area (Å²) in [4.78, 5) is 70.8. The van der Waals surface area contributed by atoms with Crippen LogP contribution in [-0.2, 0) is 47.0 Å². The summed E-state index contributed by atoms with van der Waals surface area (Å²) >= 11 is 0. The van der Waals surface area contributed by atoms with Crippen molar-refractivity contribution >= 4 is 39.9 Å². The van der Waals surface area contributed by atoms with Crippen LogP contribution in [0.2, 0.25) is 0 Å². The lowest BCUT2D eigenvalue weighted by Gasteiger charge is -2.30. The second-order valence-electron chi connectivity index (χ2n) is 15.2. The standard InChI is InChI=1S/C35H46FN5O9S/c1-34(2,3)50-32(45)37-27-13-8-6-4-5-7-11-22-17-35(22,31(44)39-51(47,48)24-14-15-24)38-29(42)28-16-23(19-41(28)30(27)43)49-33(46)40-18-21-10-9-12-26(36)25(21)20-40/h7,9-12,22-24,27-28H,4-6,8,13-20H2,1-3H3,(H,37,45)(H,38,42)(H,39,44)/b11-7+/t22-,23+,27-,28+,35+/m1/s1. The lowest BCUT2D eigenvalue weighted by molar-refractivity contribution is -0.141. The van der Waals surface area contributed by atoms with E-state index in [0.717, 1.165) is 12.8 Å². The van der Waals surface area contributed by atoms with Crippen LogP contribution in [0.25, 0.3) is 0 Å². The van der Waals surface area contributed by atoms with Crippen molar-refractivity contribution in [1.29, 1.82) is 0 Å². The molecule has 3 fully saturated rings. The molecular formula is C35H46FN5O9S. The second-order valence-corrected chi connectivity index (χ2v) is 17.2. The average molecular weight is 732 g/mol. The van der Waals surface area contributed by atoms with Crippen molar-refractivity contribution in [3.05, 3.63) is 47.3 Å². The van der Waals surface area contributed by atoms with Crippen molar-refractivity contribution in [3.63, 3.8) is 0 Å². The van der Waals surface area contributed by atoms with Crippen LogP contribution in [0.1, 0.15) is 89.7 Å². The Morgan fingerprint density at radius 3 is 2.53 bits per heavy atom. The van der Waals surface area contributed by atoms with Gasteiger partial charge in [0.15, 0.2) is 0 Å². The van der Waals surface area contributed by atoms with Gasteiger partial charge in [-0.1, -0.05) is 37.1 Å². The fraction of sp³-hybridized carbons (Fsp3) is 0.629. The van der Waals surface area contributed by atoms with Crippen LogP contribution >= 0.6 is 0 Å². The first-order valence-corrected chi connectivity index (χ1v) is 19.2. The first kappa shape index (κ1) is 36.6. The molecule has 0 spiro atoms. The monoisotopic (exact) mass is 731 g/mol. The van der Waals surface area contributed by atoms with Gasteiger partial charge < -0.3 is 25.0 Å². The number of amides is 5. The van der Waals surface area contributed by atoms with Gasteiger partial charge in [0.05, 0.1) is 18.3 Å². The van der Waals surface area contributed by atoms with Gasteiger partial charge in [-0.3, -0.25) is 24.0 Å². The molecule has 5 atom stereocenters. The van der Waals surface area contributed by atoms with E-state index in [1.807, 2.05) is 12.2 Å². The predicted octanol–water partition coefficient (Wildman–Crippen LogP) is 3.14. The van der Waals surface area contributed by atoms with E-state index < -0.39 is 86.2 Å². The summed E-state index contributed by atoms with van der Waals surface area (Å²) in [6, 6.07) is 2.30. The number of nitrogens with one attached hydrogen (secondary N) is 3. The Bertz CT molecular complexity index is 1730. The van der Waals surface area contributed by atoms with E-state index in [9.17, 15) is 36.8 Å². The summed E-state index contributed by atoms with van der Waals surface area (Å²) in [6.45, 7) is 5.01. The fourth-order valence-electron chi connectivity index (χ4n) is 7.02. The van der Waals surface area contributed by atoms with Gasteiger partial charge in [0.25, 0.3) is 5.91 Å². The zero-order chi connectivity index (χ0) is 36.7. The topological polar surface area (TPSA) is 181 Å². The molecule has 0 unspecified atom stereocenters. The SMILES string of the molecule is CC(C)(C)OC(=O)N[C@@H]1CCCCC/C=C/[C@@H]2C[C@]2(C(=O)NS(=O)(=O)C2CC2)NC(=O)[C@@H]2C[C@H](OC(=O)N3Cc4cccc(F)c4C3)CN2C1=O. The first-order chi connectivity index (χ1) is 24.1. The minimum absolute atomic E-state index is 0.00168. The number of nitrogens with zero attached hydrogens (tertiary/aromatic N) is 2. The van der Waals surface area contributed by atoms with Gasteiger partial charge in [-0.05, 0) is 70.9 Å². The number of fused-ring (bicyclic) bond motifs is 3. The molecule has 2 saturated carbocycles. The number of allylic oxidation sites excluding steroid dienone is 1. The molecule has 0 bridgehead atoms. The zero-order valence-corrected chi connectivity index (χ0v) is 29.9. The van der Waals surface area contributed by atoms with E-state index >= 15 is 0 Å². The Kier molecular flexibility index (Phi) is 10.1. The van der Waals surface area contributed by atoms with Crippen LogP contribution in [0.5, 0.6) is 0 Å². The molecule has 5 aliphatic rings. The Balaban J connectivity index is 1.25. The maximum Gasteiger partial charge on any atom is 0.410 e. The van der Waals surface area contributed by atoms with Crippen molar-refractivity contribution in [2.24, 2.45) is 5.92 Å². The number of carbonyl (C=O) groups is 5. The molecule has 2 aliphatic carbocycles. The number of hydrogen-bond acceptors (Lipinski definition) is 9. The molecule has 3 N–H and O–H groups in total. The number of benzene rings is 1. The Labute approximate surface area is 296 Å². The summed E-state index contributed by atoms with van der Waals surface area (Å²) in [7, 11) is -3.92. The number of ether oxygens (including phenoxy) is 2. The molecule has 0 radical (unpaired) electrons. The average Bonchev–Trinajstić information content (AvgIpc) is 3.93. The third-order valence-electron chi connectivity index (χ3n) is 9.99. The number of hydrogen-bond donors (Lipinski definition) is 3. The zero-order valence-electron chi connectivity index (χ0n) is 29.1. The van der Waals surface area contributed by atoms with Gasteiger partial charge in [-0.2, -0.15) is 0 Å². The number of sulfonamides is 1. The van der Waals surface area contributed by atoms with Gasteiger partial charge in [0, 0.05) is 24.4 Å². The molecule has 278 valence electrons. The normalized spacial score (nSPS) is 28.9. The molecule has 6 rings (SSSR count). The van der Waals surface area contributed by atoms with E-state index in [-0.39, 0.29) is 38.9 Å². The molecule has 3 aliphatic heterocycles. The first-order valence-electron chi connectivity index (χ1n) is 17.6. The third-order valence-corrected chi connectivity index (χ3v) is 11.8. The molecule has 0 aromatic heterocycles. The van der Waals surface area contributed by atoms with Crippen molar-refractivity contribution in [2.75, 3.05) is 6.54 Å². The van der Waals surface area contributed by atoms with Crippen LogP contribution < -0.4 is 15.4 Å². The highest BCUT2D eigenvalue weighted by Crippen LogP contribution is 2.46. The highest BCUT2D eigenvalue weighted by atomic mass is 32.2. The van der Waals surface area contributed by atoms with Gasteiger partial charge in [0.2, 0.25) is 21.8 Å². The molecule has 51 heavy (non-hydrogen) atoms. The van der Waals surface area contributed by atoms with E-state index in [0.29, 0.717) is 36.8 Å². The van der Waals surface area contributed by atoms with E-state index in [1.54, 1.807) is 32.9 Å². The van der Waals surface area contributed by atoms with Crippen molar-refractivity contribution < 1.29 is 46.3 Å². The van der Waals surface area contributed by atoms with Crippen LogP contribution in [0.15, 0.2) is 30.4 Å². The molecule has 3 heterocycles. The molecule has 16 heteroatoms. The summed E-state index contributed by atoms with van der Waals surface area (Å²) in [5.74, 6) is -3.06. The predicted molar refractivity (Wildman–Crippen MR) is 180 cm³/mol. The molecular weight excluding hydrogens is 685 g/mol. The Hall–Kier alpha value is -4.21. The third kappa shape index (κ3) is 8.31. The maximum absolute atomic E-state index is 14.4. The van der Waals surface area contributed by atoms with Crippen molar-refractivity contribution in [1.82, 2.24) is 25.2 Å². The Morgan fingerprint density at radius 1 is 1.06 bits per heavy atom.